The summed E-state index contributed by atoms with van der Waals surface area (Å²) in [7, 11) is 1.43. The normalized spacial score (nSPS) is 15.2. The molecule has 0 saturated heterocycles. The van der Waals surface area contributed by atoms with Crippen LogP contribution in [-0.2, 0) is 0 Å². The molecule has 1 aliphatic heterocycles. The average molecular weight is 507 g/mol. The van der Waals surface area contributed by atoms with Crippen molar-refractivity contribution in [1.29, 1.82) is 0 Å². The minimum absolute atomic E-state index is 0.0205. The summed E-state index contributed by atoms with van der Waals surface area (Å²) in [5.41, 5.74) is 2.47. The molecule has 1 amide bonds. The number of amides is 1. The lowest BCUT2D eigenvalue weighted by Gasteiger charge is -2.25. The van der Waals surface area contributed by atoms with Crippen molar-refractivity contribution in [1.82, 2.24) is 4.98 Å². The molecule has 1 unspecified atom stereocenters. The zero-order valence-corrected chi connectivity index (χ0v) is 19.6. The number of hydrogen-bond acceptors (Lipinski definition) is 6. The van der Waals surface area contributed by atoms with Gasteiger partial charge in [0.05, 0.1) is 28.6 Å². The van der Waals surface area contributed by atoms with Crippen molar-refractivity contribution in [2.24, 2.45) is 0 Å². The molecule has 0 saturated carbocycles. The van der Waals surface area contributed by atoms with Crippen LogP contribution in [0.1, 0.15) is 39.0 Å². The highest BCUT2D eigenvalue weighted by atomic mass is 79.9. The Bertz CT molecular complexity index is 1510. The number of hydrogen-bond donors (Lipinski definition) is 1. The summed E-state index contributed by atoms with van der Waals surface area (Å²) < 4.78 is 11.7. The lowest BCUT2D eigenvalue weighted by atomic mass is 9.97. The molecule has 0 radical (unpaired) electrons. The summed E-state index contributed by atoms with van der Waals surface area (Å²) in [6.07, 6.45) is 0. The van der Waals surface area contributed by atoms with Gasteiger partial charge in [-0.3, -0.25) is 14.5 Å². The summed E-state index contributed by atoms with van der Waals surface area (Å²) >= 11 is 3.34. The number of nitrogens with zero attached hydrogens (tertiary/aromatic N) is 2. The first-order valence-electron chi connectivity index (χ1n) is 10.2. The standard InChI is InChI=1S/C25H19BrN2O5/c1-12-7-8-17-15(9-12)22(29)20-21(14-10-16(26)23(30)18(11-14)32-3)28(25(31)24(20)33-17)19-6-4-5-13(2)27-19/h4-11,21,30H,1-3H3. The summed E-state index contributed by atoms with van der Waals surface area (Å²) in [6, 6.07) is 13.1. The number of phenolic OH excluding ortho intramolecular Hbond substituents is 1. The van der Waals surface area contributed by atoms with Crippen LogP contribution in [0.25, 0.3) is 11.0 Å². The molecule has 1 atom stereocenters. The Morgan fingerprint density at radius 1 is 1.12 bits per heavy atom. The second kappa shape index (κ2) is 7.74. The molecule has 33 heavy (non-hydrogen) atoms. The number of aryl methyl sites for hydroxylation is 2. The number of phenols is 1. The number of fused-ring (bicyclic) bond motifs is 2. The Labute approximate surface area is 197 Å². The Balaban J connectivity index is 1.85. The van der Waals surface area contributed by atoms with Gasteiger partial charge in [-0.05, 0) is 71.7 Å². The molecule has 3 heterocycles. The molecule has 2 aromatic heterocycles. The lowest BCUT2D eigenvalue weighted by Crippen LogP contribution is -2.30. The van der Waals surface area contributed by atoms with Crippen LogP contribution in [0.2, 0.25) is 0 Å². The van der Waals surface area contributed by atoms with Crippen LogP contribution in [0.3, 0.4) is 0 Å². The number of ether oxygens (including phenoxy) is 1. The van der Waals surface area contributed by atoms with E-state index in [2.05, 4.69) is 20.9 Å². The molecule has 0 spiro atoms. The second-order valence-corrected chi connectivity index (χ2v) is 8.80. The lowest BCUT2D eigenvalue weighted by molar-refractivity contribution is 0.0970. The first kappa shape index (κ1) is 21.2. The van der Waals surface area contributed by atoms with Crippen LogP contribution < -0.4 is 15.1 Å². The van der Waals surface area contributed by atoms with Crippen molar-refractivity contribution in [3.8, 4) is 11.5 Å². The van der Waals surface area contributed by atoms with Gasteiger partial charge in [-0.15, -0.1) is 0 Å². The van der Waals surface area contributed by atoms with Crippen molar-refractivity contribution in [2.45, 2.75) is 19.9 Å². The fourth-order valence-corrected chi connectivity index (χ4v) is 4.67. The molecule has 1 aliphatic rings. The van der Waals surface area contributed by atoms with Crippen LogP contribution in [0.15, 0.2) is 62.2 Å². The van der Waals surface area contributed by atoms with Crippen molar-refractivity contribution < 1.29 is 19.1 Å². The summed E-state index contributed by atoms with van der Waals surface area (Å²) in [5, 5.41) is 10.7. The van der Waals surface area contributed by atoms with E-state index in [4.69, 9.17) is 9.15 Å². The zero-order chi connectivity index (χ0) is 23.4. The van der Waals surface area contributed by atoms with Crippen molar-refractivity contribution in [2.75, 3.05) is 12.0 Å². The molecule has 0 aliphatic carbocycles. The van der Waals surface area contributed by atoms with Gasteiger partial charge in [0.2, 0.25) is 5.76 Å². The molecule has 166 valence electrons. The number of halogens is 1. The van der Waals surface area contributed by atoms with Gasteiger partial charge in [0.1, 0.15) is 11.4 Å². The molecular formula is C25H19BrN2O5. The minimum atomic E-state index is -0.825. The monoisotopic (exact) mass is 506 g/mol. The van der Waals surface area contributed by atoms with E-state index in [0.29, 0.717) is 26.8 Å². The smallest absolute Gasteiger partial charge is 0.296 e. The van der Waals surface area contributed by atoms with Crippen LogP contribution in [0.4, 0.5) is 5.82 Å². The molecule has 0 fully saturated rings. The number of anilines is 1. The number of carbonyl (C=O) groups is 1. The van der Waals surface area contributed by atoms with Gasteiger partial charge < -0.3 is 14.3 Å². The van der Waals surface area contributed by atoms with Gasteiger partial charge in [-0.2, -0.15) is 0 Å². The number of aromatic nitrogens is 1. The third-order valence-corrected chi connectivity index (χ3v) is 6.34. The highest BCUT2D eigenvalue weighted by Crippen LogP contribution is 2.44. The van der Waals surface area contributed by atoms with Gasteiger partial charge in [0.25, 0.3) is 5.91 Å². The van der Waals surface area contributed by atoms with E-state index < -0.39 is 11.9 Å². The highest BCUT2D eigenvalue weighted by molar-refractivity contribution is 9.10. The average Bonchev–Trinajstić information content (AvgIpc) is 3.08. The number of aromatic hydroxyl groups is 1. The number of benzene rings is 2. The summed E-state index contributed by atoms with van der Waals surface area (Å²) in [6.45, 7) is 3.71. The first-order valence-corrected chi connectivity index (χ1v) is 11.0. The quantitative estimate of drug-likeness (QED) is 0.418. The Morgan fingerprint density at radius 2 is 1.91 bits per heavy atom. The molecule has 0 bridgehead atoms. The molecule has 2 aromatic carbocycles. The number of carbonyl (C=O) groups excluding carboxylic acids is 1. The van der Waals surface area contributed by atoms with Gasteiger partial charge in [-0.25, -0.2) is 4.98 Å². The number of rotatable bonds is 3. The Morgan fingerprint density at radius 3 is 2.64 bits per heavy atom. The minimum Gasteiger partial charge on any atom is -0.503 e. The third-order valence-electron chi connectivity index (χ3n) is 5.73. The van der Waals surface area contributed by atoms with E-state index in [1.165, 1.54) is 12.0 Å². The van der Waals surface area contributed by atoms with E-state index in [9.17, 15) is 14.7 Å². The van der Waals surface area contributed by atoms with Crippen molar-refractivity contribution in [3.05, 3.63) is 91.4 Å². The van der Waals surface area contributed by atoms with Crippen LogP contribution in [-0.4, -0.2) is 23.1 Å². The summed E-state index contributed by atoms with van der Waals surface area (Å²) in [4.78, 5) is 33.3. The van der Waals surface area contributed by atoms with Gasteiger partial charge >= 0.3 is 0 Å². The Kier molecular flexibility index (Phi) is 4.97. The SMILES string of the molecule is COc1cc(C2c3c(oc4ccc(C)cc4c3=O)C(=O)N2c2cccc(C)n2)cc(Br)c1O. The maximum atomic E-state index is 13.7. The van der Waals surface area contributed by atoms with Crippen LogP contribution in [0.5, 0.6) is 11.5 Å². The van der Waals surface area contributed by atoms with E-state index in [1.807, 2.05) is 26.0 Å². The van der Waals surface area contributed by atoms with Crippen molar-refractivity contribution >= 4 is 38.6 Å². The van der Waals surface area contributed by atoms with E-state index in [1.54, 1.807) is 36.4 Å². The fraction of sp³-hybridized carbons (Fsp3) is 0.160. The number of methoxy groups -OCH3 is 1. The fourth-order valence-electron chi connectivity index (χ4n) is 4.21. The second-order valence-electron chi connectivity index (χ2n) is 7.94. The highest BCUT2D eigenvalue weighted by Gasteiger charge is 2.44. The van der Waals surface area contributed by atoms with Gasteiger partial charge in [0.15, 0.2) is 16.9 Å². The maximum Gasteiger partial charge on any atom is 0.296 e. The van der Waals surface area contributed by atoms with E-state index in [-0.39, 0.29) is 28.3 Å². The third kappa shape index (κ3) is 3.29. The largest absolute Gasteiger partial charge is 0.503 e. The molecule has 8 heteroatoms. The topological polar surface area (TPSA) is 92.9 Å². The molecule has 1 N–H and O–H groups in total. The van der Waals surface area contributed by atoms with E-state index >= 15 is 0 Å². The zero-order valence-electron chi connectivity index (χ0n) is 18.0. The maximum absolute atomic E-state index is 13.7. The van der Waals surface area contributed by atoms with Gasteiger partial charge in [-0.1, -0.05) is 17.7 Å². The Hall–Kier alpha value is -3.65. The van der Waals surface area contributed by atoms with Gasteiger partial charge in [0, 0.05) is 5.69 Å². The van der Waals surface area contributed by atoms with Crippen LogP contribution in [0, 0.1) is 13.8 Å². The predicted octanol–water partition coefficient (Wildman–Crippen LogP) is 5.03. The first-order chi connectivity index (χ1) is 15.8. The molecule has 5 rings (SSSR count). The number of pyridine rings is 1. The van der Waals surface area contributed by atoms with Crippen LogP contribution >= 0.6 is 15.9 Å². The molecular weight excluding hydrogens is 488 g/mol. The molecule has 4 aromatic rings. The molecule has 7 nitrogen and oxygen atoms in total. The predicted molar refractivity (Wildman–Crippen MR) is 127 cm³/mol. The van der Waals surface area contributed by atoms with E-state index in [0.717, 1.165) is 11.3 Å². The van der Waals surface area contributed by atoms with Crippen molar-refractivity contribution in [3.63, 3.8) is 0 Å². The summed E-state index contributed by atoms with van der Waals surface area (Å²) in [5.74, 6) is 0.0357.